The number of nitrogens with one attached hydrogen (secondary N) is 1. The Morgan fingerprint density at radius 1 is 1.12 bits per heavy atom. The maximum atomic E-state index is 12.4. The maximum Gasteiger partial charge on any atom is 0.261 e. The van der Waals surface area contributed by atoms with Crippen LogP contribution in [0.5, 0.6) is 0 Å². The molecule has 1 heterocycles. The summed E-state index contributed by atoms with van der Waals surface area (Å²) in [5, 5.41) is 4.17. The first-order chi connectivity index (χ1) is 12.2. The fourth-order valence-electron chi connectivity index (χ4n) is 2.83. The highest BCUT2D eigenvalue weighted by Crippen LogP contribution is 2.30. The van der Waals surface area contributed by atoms with Crippen LogP contribution in [0.15, 0.2) is 54.6 Å². The summed E-state index contributed by atoms with van der Waals surface area (Å²) in [6.45, 7) is 5.31. The number of carbonyl (C=O) groups excluding carboxylic acids is 1. The second-order valence-corrected chi connectivity index (χ2v) is 7.14. The number of amides is 1. The molecular weight excluding hydrogens is 330 g/mol. The van der Waals surface area contributed by atoms with Crippen LogP contribution in [-0.2, 0) is 4.74 Å². The van der Waals surface area contributed by atoms with E-state index >= 15 is 0 Å². The van der Waals surface area contributed by atoms with Crippen molar-refractivity contribution < 1.29 is 9.53 Å². The van der Waals surface area contributed by atoms with E-state index in [0.717, 1.165) is 26.9 Å². The monoisotopic (exact) mass is 353 g/mol. The molecule has 1 N–H and O–H groups in total. The van der Waals surface area contributed by atoms with Gasteiger partial charge in [0.1, 0.15) is 0 Å². The Morgan fingerprint density at radius 2 is 1.84 bits per heavy atom. The molecule has 1 atom stereocenters. The molecule has 130 valence electrons. The number of hydrogen-bond acceptors (Lipinski definition) is 3. The summed E-state index contributed by atoms with van der Waals surface area (Å²) in [6.07, 6.45) is 0.870. The van der Waals surface area contributed by atoms with Gasteiger partial charge in [0.05, 0.1) is 11.0 Å². The molecule has 0 bridgehead atoms. The van der Waals surface area contributed by atoms with Gasteiger partial charge in [-0.1, -0.05) is 48.5 Å². The molecule has 3 rings (SSSR count). The van der Waals surface area contributed by atoms with E-state index in [2.05, 4.69) is 36.5 Å². The molecule has 1 amide bonds. The number of benzene rings is 2. The van der Waals surface area contributed by atoms with Crippen LogP contribution in [0.1, 0.15) is 40.2 Å². The lowest BCUT2D eigenvalue weighted by Gasteiger charge is -2.13. The Labute approximate surface area is 152 Å². The van der Waals surface area contributed by atoms with E-state index in [9.17, 15) is 4.79 Å². The number of aryl methyl sites for hydroxylation is 1. The second kappa shape index (κ2) is 8.28. The van der Waals surface area contributed by atoms with Crippen LogP contribution in [0.4, 0.5) is 0 Å². The third kappa shape index (κ3) is 4.27. The minimum atomic E-state index is 0.00908. The smallest absolute Gasteiger partial charge is 0.261 e. The minimum Gasteiger partial charge on any atom is -0.374 e. The molecule has 0 spiro atoms. The normalized spacial score (nSPS) is 12.2. The Bertz CT molecular complexity index is 841. The largest absolute Gasteiger partial charge is 0.374 e. The number of carbonyl (C=O) groups is 1. The molecule has 0 radical (unpaired) electrons. The van der Waals surface area contributed by atoms with Crippen LogP contribution < -0.4 is 5.32 Å². The van der Waals surface area contributed by atoms with Crippen molar-refractivity contribution in [3.8, 4) is 0 Å². The van der Waals surface area contributed by atoms with Crippen LogP contribution >= 0.6 is 11.3 Å². The minimum absolute atomic E-state index is 0.00908. The lowest BCUT2D eigenvalue weighted by Crippen LogP contribution is -2.25. The van der Waals surface area contributed by atoms with Gasteiger partial charge in [0.2, 0.25) is 0 Å². The third-order valence-corrected chi connectivity index (χ3v) is 5.57. The molecule has 0 saturated carbocycles. The zero-order valence-electron chi connectivity index (χ0n) is 14.6. The predicted molar refractivity (Wildman–Crippen MR) is 104 cm³/mol. The van der Waals surface area contributed by atoms with E-state index < -0.39 is 0 Å². The summed E-state index contributed by atoms with van der Waals surface area (Å²) in [6, 6.07) is 18.3. The van der Waals surface area contributed by atoms with Crippen LogP contribution in [0.3, 0.4) is 0 Å². The Kier molecular flexibility index (Phi) is 5.84. The van der Waals surface area contributed by atoms with E-state index in [4.69, 9.17) is 4.74 Å². The van der Waals surface area contributed by atoms with Crippen molar-refractivity contribution in [3.63, 3.8) is 0 Å². The van der Waals surface area contributed by atoms with E-state index in [0.29, 0.717) is 13.2 Å². The summed E-state index contributed by atoms with van der Waals surface area (Å²) in [4.78, 5) is 13.2. The van der Waals surface area contributed by atoms with Gasteiger partial charge < -0.3 is 10.1 Å². The van der Waals surface area contributed by atoms with Gasteiger partial charge in [-0.15, -0.1) is 11.3 Å². The number of hydrogen-bond donors (Lipinski definition) is 1. The molecule has 3 nitrogen and oxygen atoms in total. The first-order valence-corrected chi connectivity index (χ1v) is 9.41. The zero-order chi connectivity index (χ0) is 17.6. The highest BCUT2D eigenvalue weighted by atomic mass is 32.1. The van der Waals surface area contributed by atoms with E-state index in [1.165, 1.54) is 5.56 Å². The molecule has 0 aliphatic carbocycles. The molecule has 2 aromatic carbocycles. The summed E-state index contributed by atoms with van der Waals surface area (Å²) in [5.41, 5.74) is 2.24. The molecular formula is C21H23NO2S. The SMILES string of the molecule is Cc1c(C(=O)NCCCOC(C)c2ccccc2)sc2ccccc12. The molecule has 1 aromatic heterocycles. The van der Waals surface area contributed by atoms with Crippen molar-refractivity contribution in [2.45, 2.75) is 26.4 Å². The second-order valence-electron chi connectivity index (χ2n) is 6.09. The molecule has 25 heavy (non-hydrogen) atoms. The van der Waals surface area contributed by atoms with Crippen LogP contribution in [0, 0.1) is 6.92 Å². The summed E-state index contributed by atoms with van der Waals surface area (Å²) in [5.74, 6) is 0.00908. The molecule has 0 fully saturated rings. The zero-order valence-corrected chi connectivity index (χ0v) is 15.4. The lowest BCUT2D eigenvalue weighted by molar-refractivity contribution is 0.0635. The Balaban J connectivity index is 1.45. The third-order valence-electron chi connectivity index (χ3n) is 4.29. The topological polar surface area (TPSA) is 38.3 Å². The van der Waals surface area contributed by atoms with Crippen molar-refractivity contribution in [1.29, 1.82) is 0 Å². The van der Waals surface area contributed by atoms with Gasteiger partial charge in [0.25, 0.3) is 5.91 Å². The van der Waals surface area contributed by atoms with Gasteiger partial charge in [-0.25, -0.2) is 0 Å². The molecule has 1 unspecified atom stereocenters. The number of ether oxygens (including phenoxy) is 1. The number of rotatable bonds is 7. The fourth-order valence-corrected chi connectivity index (χ4v) is 3.95. The highest BCUT2D eigenvalue weighted by molar-refractivity contribution is 7.21. The van der Waals surface area contributed by atoms with Crippen molar-refractivity contribution >= 4 is 27.3 Å². The fraction of sp³-hybridized carbons (Fsp3) is 0.286. The molecule has 0 saturated heterocycles. The van der Waals surface area contributed by atoms with Crippen molar-refractivity contribution in [1.82, 2.24) is 5.32 Å². The molecule has 4 heteroatoms. The highest BCUT2D eigenvalue weighted by Gasteiger charge is 2.14. The van der Waals surface area contributed by atoms with Gasteiger partial charge in [-0.2, -0.15) is 0 Å². The summed E-state index contributed by atoms with van der Waals surface area (Å²) in [7, 11) is 0. The van der Waals surface area contributed by atoms with E-state index in [1.807, 2.05) is 37.3 Å². The molecule has 0 aliphatic rings. The summed E-state index contributed by atoms with van der Waals surface area (Å²) < 4.78 is 7.00. The average molecular weight is 353 g/mol. The van der Waals surface area contributed by atoms with Gasteiger partial charge in [-0.05, 0) is 42.8 Å². The Morgan fingerprint density at radius 3 is 2.60 bits per heavy atom. The standard InChI is InChI=1S/C21H23NO2S/c1-15-18-11-6-7-12-19(18)25-20(15)21(23)22-13-8-14-24-16(2)17-9-4-3-5-10-17/h3-7,9-12,16H,8,13-14H2,1-2H3,(H,22,23). The van der Waals surface area contributed by atoms with Gasteiger partial charge >= 0.3 is 0 Å². The van der Waals surface area contributed by atoms with Crippen molar-refractivity contribution in [2.24, 2.45) is 0 Å². The van der Waals surface area contributed by atoms with Crippen LogP contribution in [0.25, 0.3) is 10.1 Å². The van der Waals surface area contributed by atoms with Crippen LogP contribution in [-0.4, -0.2) is 19.1 Å². The van der Waals surface area contributed by atoms with E-state index in [-0.39, 0.29) is 12.0 Å². The van der Waals surface area contributed by atoms with E-state index in [1.54, 1.807) is 11.3 Å². The maximum absolute atomic E-state index is 12.4. The van der Waals surface area contributed by atoms with Crippen LogP contribution in [0.2, 0.25) is 0 Å². The predicted octanol–water partition coefficient (Wildman–Crippen LogP) is 5.11. The first-order valence-electron chi connectivity index (χ1n) is 8.59. The quantitative estimate of drug-likeness (QED) is 0.600. The number of thiophene rings is 1. The molecule has 0 aliphatic heterocycles. The van der Waals surface area contributed by atoms with Gasteiger partial charge in [-0.3, -0.25) is 4.79 Å². The van der Waals surface area contributed by atoms with Crippen molar-refractivity contribution in [2.75, 3.05) is 13.2 Å². The van der Waals surface area contributed by atoms with Gasteiger partial charge in [0, 0.05) is 17.9 Å². The first kappa shape index (κ1) is 17.6. The molecule has 3 aromatic rings. The van der Waals surface area contributed by atoms with Crippen molar-refractivity contribution in [3.05, 3.63) is 70.6 Å². The average Bonchev–Trinajstić information content (AvgIpc) is 2.99. The number of fused-ring (bicyclic) bond motifs is 1. The Hall–Kier alpha value is -2.17. The summed E-state index contributed by atoms with van der Waals surface area (Å²) >= 11 is 1.55. The lowest BCUT2D eigenvalue weighted by atomic mass is 10.1. The van der Waals surface area contributed by atoms with Gasteiger partial charge in [0.15, 0.2) is 0 Å².